The number of carbonyl (C=O) groups excluding carboxylic acids is 1. The molecule has 0 N–H and O–H groups in total. The van der Waals surface area contributed by atoms with Crippen LogP contribution in [0.1, 0.15) is 48.0 Å². The summed E-state index contributed by atoms with van der Waals surface area (Å²) in [5.74, 6) is 1.01. The van der Waals surface area contributed by atoms with E-state index in [1.165, 1.54) is 42.0 Å². The number of carbonyl (C=O) groups is 1. The van der Waals surface area contributed by atoms with Crippen molar-refractivity contribution in [1.82, 2.24) is 4.90 Å². The first-order chi connectivity index (χ1) is 8.75. The van der Waals surface area contributed by atoms with Gasteiger partial charge in [-0.2, -0.15) is 0 Å². The van der Waals surface area contributed by atoms with Crippen molar-refractivity contribution in [2.45, 2.75) is 38.6 Å². The molecule has 1 fully saturated rings. The second-order valence-corrected chi connectivity index (χ2v) is 6.88. The Hall–Kier alpha value is -0.752. The van der Waals surface area contributed by atoms with Crippen LogP contribution in [0.4, 0.5) is 0 Å². The van der Waals surface area contributed by atoms with Crippen molar-refractivity contribution in [1.29, 1.82) is 0 Å². The molecule has 1 aromatic rings. The number of rotatable bonds is 2. The fourth-order valence-corrected chi connectivity index (χ4v) is 4.16. The second kappa shape index (κ2) is 5.09. The summed E-state index contributed by atoms with van der Waals surface area (Å²) in [6, 6.07) is 6.26. The third kappa shape index (κ3) is 2.23. The van der Waals surface area contributed by atoms with Crippen LogP contribution in [0.2, 0.25) is 0 Å². The molecule has 18 heavy (non-hydrogen) atoms. The zero-order valence-corrected chi connectivity index (χ0v) is 13.1. The molecule has 1 saturated carbocycles. The van der Waals surface area contributed by atoms with Crippen molar-refractivity contribution in [3.05, 3.63) is 29.3 Å². The fraction of sp³-hybridized carbons (Fsp3) is 0.533. The zero-order valence-electron chi connectivity index (χ0n) is 10.7. The molecule has 1 atom stereocenters. The fourth-order valence-electron chi connectivity index (χ4n) is 3.28. The molecule has 0 aromatic heterocycles. The van der Waals surface area contributed by atoms with E-state index >= 15 is 0 Å². The molecule has 1 heterocycles. The monoisotopic (exact) mass is 305 g/mol. The molecule has 96 valence electrons. The van der Waals surface area contributed by atoms with Gasteiger partial charge in [-0.1, -0.05) is 0 Å². The summed E-state index contributed by atoms with van der Waals surface area (Å²) < 4.78 is 1.19. The molecular weight excluding hydrogens is 285 g/mol. The third-order valence-corrected chi connectivity index (χ3v) is 5.26. The van der Waals surface area contributed by atoms with Crippen LogP contribution in [-0.4, -0.2) is 34.2 Å². The molecule has 0 saturated heterocycles. The van der Waals surface area contributed by atoms with Crippen LogP contribution in [0, 0.1) is 5.92 Å². The molecule has 3 heteroatoms. The Kier molecular flexibility index (Phi) is 3.47. The molecule has 0 spiro atoms. The average molecular weight is 305 g/mol. The second-order valence-electron chi connectivity index (χ2n) is 5.57. The molecule has 1 aliphatic heterocycles. The Balaban J connectivity index is 1.74. The van der Waals surface area contributed by atoms with Crippen LogP contribution in [0.5, 0.6) is 0 Å². The van der Waals surface area contributed by atoms with Gasteiger partial charge in [0.25, 0.3) is 0 Å². The Morgan fingerprint density at radius 1 is 1.22 bits per heavy atom. The topological polar surface area (TPSA) is 20.3 Å². The number of benzene rings is 1. The van der Waals surface area contributed by atoms with Gasteiger partial charge in [-0.3, -0.25) is 0 Å². The van der Waals surface area contributed by atoms with E-state index in [-0.39, 0.29) is 5.91 Å². The molecule has 0 bridgehead atoms. The van der Waals surface area contributed by atoms with Crippen LogP contribution >= 0.6 is 0 Å². The molecule has 2 aliphatic rings. The Morgan fingerprint density at radius 2 is 2.00 bits per heavy atom. The van der Waals surface area contributed by atoms with E-state index in [0.29, 0.717) is 0 Å². The summed E-state index contributed by atoms with van der Waals surface area (Å²) in [6.07, 6.45) is 6.70. The van der Waals surface area contributed by atoms with Gasteiger partial charge in [0, 0.05) is 0 Å². The maximum atomic E-state index is 12.4. The summed E-state index contributed by atoms with van der Waals surface area (Å²) >= 11 is 1.56. The molecule has 3 rings (SSSR count). The van der Waals surface area contributed by atoms with Crippen LogP contribution < -0.4 is 4.35 Å². The van der Waals surface area contributed by atoms with Crippen LogP contribution in [0.25, 0.3) is 0 Å². The molecule has 2 nitrogen and oxygen atoms in total. The average Bonchev–Trinajstić information content (AvgIpc) is 2.69. The molecular formula is C15H20AsNO. The van der Waals surface area contributed by atoms with Gasteiger partial charge in [0.15, 0.2) is 0 Å². The molecule has 1 aromatic carbocycles. The van der Waals surface area contributed by atoms with Gasteiger partial charge in [-0.25, -0.2) is 0 Å². The first-order valence-corrected chi connectivity index (χ1v) is 8.13. The van der Waals surface area contributed by atoms with Crippen LogP contribution in [-0.2, 0) is 6.54 Å². The quantitative estimate of drug-likeness (QED) is 0.758. The minimum absolute atomic E-state index is 0.274. The summed E-state index contributed by atoms with van der Waals surface area (Å²) in [6.45, 7) is 1.81. The van der Waals surface area contributed by atoms with E-state index in [1.54, 1.807) is 16.9 Å². The first-order valence-electron chi connectivity index (χ1n) is 6.92. The van der Waals surface area contributed by atoms with Crippen molar-refractivity contribution in [2.75, 3.05) is 6.54 Å². The van der Waals surface area contributed by atoms with Crippen molar-refractivity contribution >= 4 is 27.1 Å². The number of nitrogens with zero attached hydrogens (tertiary/aromatic N) is 1. The van der Waals surface area contributed by atoms with Gasteiger partial charge in [0.1, 0.15) is 0 Å². The van der Waals surface area contributed by atoms with Crippen LogP contribution in [0.15, 0.2) is 18.2 Å². The van der Waals surface area contributed by atoms with Gasteiger partial charge >= 0.3 is 117 Å². The Labute approximate surface area is 117 Å². The predicted octanol–water partition coefficient (Wildman–Crippen LogP) is 1.48. The molecule has 1 aliphatic carbocycles. The van der Waals surface area contributed by atoms with E-state index < -0.39 is 0 Å². The third-order valence-electron chi connectivity index (χ3n) is 4.25. The standard InChI is InChI=1S/C15H20AsNO/c16-13-8-4-7-12-10-17(15(18)14(12)13)9-11-5-2-1-3-6-11/h4,7-8,11H,1-3,5-6,9-10,16H2. The first kappa shape index (κ1) is 12.3. The number of fused-ring (bicyclic) bond motifs is 1. The van der Waals surface area contributed by atoms with Crippen molar-refractivity contribution < 1.29 is 4.79 Å². The van der Waals surface area contributed by atoms with Gasteiger partial charge < -0.3 is 0 Å². The predicted molar refractivity (Wildman–Crippen MR) is 75.9 cm³/mol. The minimum atomic E-state index is 0.274. The normalized spacial score (nSPS) is 20.3. The van der Waals surface area contributed by atoms with Crippen molar-refractivity contribution in [3.8, 4) is 0 Å². The number of amides is 1. The van der Waals surface area contributed by atoms with Gasteiger partial charge in [-0.05, 0) is 0 Å². The van der Waals surface area contributed by atoms with E-state index in [4.69, 9.17) is 0 Å². The number of hydrogen-bond donors (Lipinski definition) is 0. The summed E-state index contributed by atoms with van der Waals surface area (Å²) in [7, 11) is 0. The van der Waals surface area contributed by atoms with Crippen LogP contribution in [0.3, 0.4) is 0 Å². The molecule has 1 amide bonds. The van der Waals surface area contributed by atoms with Crippen molar-refractivity contribution in [3.63, 3.8) is 0 Å². The summed E-state index contributed by atoms with van der Waals surface area (Å²) in [4.78, 5) is 14.5. The van der Waals surface area contributed by atoms with E-state index in [2.05, 4.69) is 23.1 Å². The molecule has 0 radical (unpaired) electrons. The van der Waals surface area contributed by atoms with E-state index in [0.717, 1.165) is 24.6 Å². The number of hydrogen-bond acceptors (Lipinski definition) is 1. The van der Waals surface area contributed by atoms with E-state index in [9.17, 15) is 4.79 Å². The summed E-state index contributed by atoms with van der Waals surface area (Å²) in [5.41, 5.74) is 2.23. The Bertz CT molecular complexity index is 466. The maximum absolute atomic E-state index is 12.4. The molecule has 1 unspecified atom stereocenters. The van der Waals surface area contributed by atoms with E-state index in [1.807, 2.05) is 0 Å². The zero-order chi connectivity index (χ0) is 12.5. The van der Waals surface area contributed by atoms with Gasteiger partial charge in [-0.15, -0.1) is 0 Å². The van der Waals surface area contributed by atoms with Gasteiger partial charge in [0.2, 0.25) is 0 Å². The Morgan fingerprint density at radius 3 is 2.72 bits per heavy atom. The summed E-state index contributed by atoms with van der Waals surface area (Å²) in [5, 5.41) is 0. The van der Waals surface area contributed by atoms with Gasteiger partial charge in [0.05, 0.1) is 0 Å². The SMILES string of the molecule is O=C1c2c([AsH2])cccc2CN1CC1CCCCC1. The van der Waals surface area contributed by atoms with Crippen molar-refractivity contribution in [2.24, 2.45) is 5.92 Å².